The van der Waals surface area contributed by atoms with E-state index in [-0.39, 0.29) is 25.8 Å². The van der Waals surface area contributed by atoms with Gasteiger partial charge in [-0.1, -0.05) is 24.4 Å². The summed E-state index contributed by atoms with van der Waals surface area (Å²) in [6.45, 7) is 0.567. The number of amides is 1. The smallest absolute Gasteiger partial charge is 0.411 e. The highest BCUT2D eigenvalue weighted by Gasteiger charge is 2.23. The number of carbonyl (C=O) groups excluding carboxylic acids is 2. The Kier molecular flexibility index (Phi) is 11.3. The summed E-state index contributed by atoms with van der Waals surface area (Å²) in [6, 6.07) is 9.18. The van der Waals surface area contributed by atoms with Gasteiger partial charge in [0.25, 0.3) is 0 Å². The Hall–Kier alpha value is -5.12. The molecule has 47 heavy (non-hydrogen) atoms. The zero-order valence-electron chi connectivity index (χ0n) is 25.5. The third kappa shape index (κ3) is 8.78. The lowest BCUT2D eigenvalue weighted by Crippen LogP contribution is -2.30. The lowest BCUT2D eigenvalue weighted by Gasteiger charge is -2.21. The second-order valence-corrected chi connectivity index (χ2v) is 11.2. The van der Waals surface area contributed by atoms with Gasteiger partial charge in [-0.25, -0.2) is 14.6 Å². The van der Waals surface area contributed by atoms with Crippen LogP contribution in [0.3, 0.4) is 0 Å². The Bertz CT molecular complexity index is 1730. The molecule has 4 aromatic rings. The zero-order valence-corrected chi connectivity index (χ0v) is 26.2. The van der Waals surface area contributed by atoms with Gasteiger partial charge in [0.2, 0.25) is 0 Å². The highest BCUT2D eigenvalue weighted by Crippen LogP contribution is 2.33. The molecule has 1 amide bonds. The van der Waals surface area contributed by atoms with Crippen LogP contribution in [0, 0.1) is 0 Å². The van der Waals surface area contributed by atoms with E-state index in [1.165, 1.54) is 18.1 Å². The molecule has 15 nitrogen and oxygen atoms in total. The average molecular weight is 664 g/mol. The molecule has 0 saturated carbocycles. The van der Waals surface area contributed by atoms with Gasteiger partial charge in [0.05, 0.1) is 30.2 Å². The van der Waals surface area contributed by atoms with Crippen molar-refractivity contribution in [2.75, 3.05) is 37.5 Å². The number of rotatable bonds is 11. The number of benzene rings is 2. The van der Waals surface area contributed by atoms with Gasteiger partial charge in [-0.05, 0) is 65.7 Å². The maximum atomic E-state index is 12.2. The first-order valence-electron chi connectivity index (χ1n) is 14.9. The highest BCUT2D eigenvalue weighted by atomic mass is 35.5. The molecule has 0 spiro atoms. The van der Waals surface area contributed by atoms with Crippen LogP contribution in [-0.2, 0) is 19.1 Å². The third-order valence-electron chi connectivity index (χ3n) is 7.50. The average Bonchev–Trinajstić information content (AvgIpc) is 3.76. The molecule has 16 heteroatoms. The number of carboxylic acids is 1. The van der Waals surface area contributed by atoms with E-state index in [1.54, 1.807) is 48.7 Å². The number of imidazole rings is 1. The number of H-pyrrole nitrogens is 1. The molecule has 5 rings (SSSR count). The number of aliphatic carboxylic acids is 1. The molecule has 5 N–H and O–H groups in total. The summed E-state index contributed by atoms with van der Waals surface area (Å²) >= 11 is 6.26. The summed E-state index contributed by atoms with van der Waals surface area (Å²) in [6.07, 6.45) is 7.28. The number of carbonyl (C=O) groups is 3. The quantitative estimate of drug-likeness (QED) is 0.0870. The van der Waals surface area contributed by atoms with E-state index in [0.29, 0.717) is 76.0 Å². The largest absolute Gasteiger partial charge is 0.480 e. The van der Waals surface area contributed by atoms with Gasteiger partial charge in [-0.3, -0.25) is 10.1 Å². The molecule has 0 saturated heterocycles. The van der Waals surface area contributed by atoms with Crippen LogP contribution in [0.5, 0.6) is 0 Å². The lowest BCUT2D eigenvalue weighted by molar-refractivity contribution is -0.138. The van der Waals surface area contributed by atoms with Gasteiger partial charge in [-0.15, -0.1) is 5.10 Å². The van der Waals surface area contributed by atoms with Crippen LogP contribution >= 0.6 is 11.6 Å². The number of aldehydes is 1. The van der Waals surface area contributed by atoms with Crippen molar-refractivity contribution >= 4 is 47.4 Å². The topological polar surface area (TPSA) is 198 Å². The molecule has 0 radical (unpaired) electrons. The highest BCUT2D eigenvalue weighted by molar-refractivity contribution is 6.30. The van der Waals surface area contributed by atoms with Gasteiger partial charge in [0.15, 0.2) is 0 Å². The first-order valence-corrected chi connectivity index (χ1v) is 15.3. The van der Waals surface area contributed by atoms with Gasteiger partial charge in [-0.2, -0.15) is 4.68 Å². The van der Waals surface area contributed by atoms with E-state index in [0.717, 1.165) is 6.29 Å². The van der Waals surface area contributed by atoms with Gasteiger partial charge >= 0.3 is 12.1 Å². The fourth-order valence-electron chi connectivity index (χ4n) is 5.16. The summed E-state index contributed by atoms with van der Waals surface area (Å²) in [7, 11) is 1.51. The van der Waals surface area contributed by atoms with Crippen LogP contribution in [0.25, 0.3) is 23.0 Å². The molecule has 2 bridgehead atoms. The summed E-state index contributed by atoms with van der Waals surface area (Å²) in [5, 5.41) is 31.1. The number of aromatic nitrogens is 6. The van der Waals surface area contributed by atoms with Crippen molar-refractivity contribution in [2.45, 2.75) is 37.8 Å². The molecule has 0 aliphatic carbocycles. The van der Waals surface area contributed by atoms with Gasteiger partial charge in [0, 0.05) is 46.8 Å². The molecule has 1 aliphatic heterocycles. The van der Waals surface area contributed by atoms with Crippen molar-refractivity contribution in [2.24, 2.45) is 0 Å². The molecule has 3 heterocycles. The molecule has 1 aliphatic rings. The monoisotopic (exact) mass is 663 g/mol. The van der Waals surface area contributed by atoms with Crippen molar-refractivity contribution in [3.8, 4) is 16.9 Å². The Labute approximate surface area is 274 Å². The standard InChI is InChI=1S/C31H34ClN9O6/c1-46-10-11-47-31(45)36-22-7-8-23-26(14-22)37-25(30(43)44)5-3-2-4-24(29-34-16-27(23)38-29)33-15-19(17-42)12-20-13-21(32)6-9-28(20)41-18-35-39-40-41/h6-9,12-14,16-18,24-25,33,37H,2-5,10-11,15H2,1H3,(H,34,38)(H,36,45)(H,43,44). The first kappa shape index (κ1) is 33.2. The Morgan fingerprint density at radius 1 is 1.17 bits per heavy atom. The Balaban J connectivity index is 1.39. The number of anilines is 2. The summed E-state index contributed by atoms with van der Waals surface area (Å²) in [4.78, 5) is 44.6. The summed E-state index contributed by atoms with van der Waals surface area (Å²) in [5.74, 6) is -0.333. The number of carboxylic acid groups (broad SMARTS) is 1. The zero-order chi connectivity index (χ0) is 33.2. The predicted octanol–water partition coefficient (Wildman–Crippen LogP) is 4.25. The molecular formula is C31H34ClN9O6. The van der Waals surface area contributed by atoms with E-state index < -0.39 is 18.1 Å². The molecule has 0 fully saturated rings. The number of nitrogens with one attached hydrogen (secondary N) is 4. The second kappa shape index (κ2) is 15.9. The molecular weight excluding hydrogens is 630 g/mol. The van der Waals surface area contributed by atoms with Crippen LogP contribution in [0.4, 0.5) is 16.2 Å². The van der Waals surface area contributed by atoms with Crippen LogP contribution in [-0.4, -0.2) is 86.5 Å². The number of methoxy groups -OCH3 is 1. The number of fused-ring (bicyclic) bond motifs is 4. The molecule has 246 valence electrons. The van der Waals surface area contributed by atoms with E-state index in [4.69, 9.17) is 21.1 Å². The molecule has 2 aromatic carbocycles. The summed E-state index contributed by atoms with van der Waals surface area (Å²) in [5.41, 5.74) is 4.00. The number of aromatic amines is 1. The second-order valence-electron chi connectivity index (χ2n) is 10.7. The van der Waals surface area contributed by atoms with Crippen LogP contribution in [0.15, 0.2) is 54.5 Å². The van der Waals surface area contributed by atoms with Crippen molar-refractivity contribution in [3.05, 3.63) is 70.9 Å². The fraction of sp³-hybridized carbons (Fsp3) is 0.323. The van der Waals surface area contributed by atoms with Crippen LogP contribution in [0.2, 0.25) is 5.02 Å². The predicted molar refractivity (Wildman–Crippen MR) is 173 cm³/mol. The third-order valence-corrected chi connectivity index (χ3v) is 7.73. The van der Waals surface area contributed by atoms with Crippen molar-refractivity contribution in [1.29, 1.82) is 0 Å². The van der Waals surface area contributed by atoms with E-state index in [9.17, 15) is 19.5 Å². The van der Waals surface area contributed by atoms with E-state index >= 15 is 0 Å². The van der Waals surface area contributed by atoms with Crippen molar-refractivity contribution in [1.82, 2.24) is 35.5 Å². The van der Waals surface area contributed by atoms with Gasteiger partial charge < -0.3 is 30.2 Å². The normalized spacial score (nSPS) is 16.6. The van der Waals surface area contributed by atoms with E-state index in [1.807, 2.05) is 0 Å². The molecule has 2 aromatic heterocycles. The Morgan fingerprint density at radius 3 is 2.79 bits per heavy atom. The number of nitrogens with zero attached hydrogens (tertiary/aromatic N) is 5. The van der Waals surface area contributed by atoms with Crippen molar-refractivity contribution in [3.63, 3.8) is 0 Å². The first-order chi connectivity index (χ1) is 22.8. The number of hydrogen-bond donors (Lipinski definition) is 5. The fourth-order valence-corrected chi connectivity index (χ4v) is 5.35. The maximum Gasteiger partial charge on any atom is 0.411 e. The van der Waals surface area contributed by atoms with Crippen LogP contribution < -0.4 is 16.0 Å². The number of tetrazole rings is 1. The minimum absolute atomic E-state index is 0.0885. The Morgan fingerprint density at radius 2 is 2.02 bits per heavy atom. The SMILES string of the molecule is COCCOC(=O)Nc1ccc2c(c1)NC(C(=O)O)CCCCC(NCC(C=O)=Cc1cc(Cl)ccc1-n1cnnn1)c1ncc-2[nH]1. The minimum atomic E-state index is -0.992. The van der Waals surface area contributed by atoms with Gasteiger partial charge in [0.1, 0.15) is 31.1 Å². The minimum Gasteiger partial charge on any atom is -0.480 e. The van der Waals surface area contributed by atoms with Crippen molar-refractivity contribution < 1.29 is 29.0 Å². The summed E-state index contributed by atoms with van der Waals surface area (Å²) < 4.78 is 11.5. The number of halogens is 1. The number of ether oxygens (including phenoxy) is 2. The number of hydrogen-bond acceptors (Lipinski definition) is 11. The molecule has 2 unspecified atom stereocenters. The lowest BCUT2D eigenvalue weighted by atomic mass is 10.0. The van der Waals surface area contributed by atoms with E-state index in [2.05, 4.69) is 41.4 Å². The molecule has 2 atom stereocenters. The maximum absolute atomic E-state index is 12.2. The van der Waals surface area contributed by atoms with Crippen LogP contribution in [0.1, 0.15) is 43.1 Å².